The zero-order chi connectivity index (χ0) is 26.0. The molecule has 10 heteroatoms. The highest BCUT2D eigenvalue weighted by Gasteiger charge is 2.43. The van der Waals surface area contributed by atoms with Gasteiger partial charge in [0.05, 0.1) is 41.1 Å². The van der Waals surface area contributed by atoms with Crippen LogP contribution in [0.15, 0.2) is 24.4 Å². The van der Waals surface area contributed by atoms with Crippen LogP contribution in [0.25, 0.3) is 31.8 Å². The van der Waals surface area contributed by atoms with E-state index < -0.39 is 23.1 Å². The van der Waals surface area contributed by atoms with Crippen molar-refractivity contribution >= 4 is 38.7 Å². The SMILES string of the molecule is COc1cnc2c(-c3nc4cc(F)c5c(c4s3)C[C@@](C)(CN(C(=O)O)C(C)(C)C)O5)cc(C)cc2n1. The molecule has 0 fully saturated rings. The monoisotopic (exact) mass is 510 g/mol. The summed E-state index contributed by atoms with van der Waals surface area (Å²) in [5.74, 6) is 0.0812. The number of thiazole rings is 1. The Balaban J connectivity index is 1.59. The summed E-state index contributed by atoms with van der Waals surface area (Å²) in [5, 5.41) is 10.5. The Kier molecular flexibility index (Phi) is 5.55. The van der Waals surface area contributed by atoms with Crippen LogP contribution < -0.4 is 9.47 Å². The number of fused-ring (bicyclic) bond motifs is 4. The van der Waals surface area contributed by atoms with Crippen molar-refractivity contribution in [3.05, 3.63) is 41.3 Å². The molecule has 1 aliphatic rings. The first kappa shape index (κ1) is 24.2. The van der Waals surface area contributed by atoms with Crippen LogP contribution in [0.3, 0.4) is 0 Å². The molecule has 1 atom stereocenters. The highest BCUT2D eigenvalue weighted by atomic mass is 32.1. The number of rotatable bonds is 4. The maximum atomic E-state index is 15.2. The van der Waals surface area contributed by atoms with Crippen LogP contribution in [0.4, 0.5) is 9.18 Å². The van der Waals surface area contributed by atoms with Crippen LogP contribution in [-0.4, -0.2) is 55.8 Å². The molecule has 2 aromatic carbocycles. The molecule has 0 spiro atoms. The number of carbonyl (C=O) groups is 1. The summed E-state index contributed by atoms with van der Waals surface area (Å²) >= 11 is 1.44. The molecule has 0 unspecified atom stereocenters. The molecule has 8 nitrogen and oxygen atoms in total. The summed E-state index contributed by atoms with van der Waals surface area (Å²) in [6.45, 7) is 9.37. The summed E-state index contributed by atoms with van der Waals surface area (Å²) in [6, 6.07) is 5.31. The van der Waals surface area contributed by atoms with E-state index in [0.717, 1.165) is 15.8 Å². The van der Waals surface area contributed by atoms with Crippen molar-refractivity contribution in [2.75, 3.05) is 13.7 Å². The van der Waals surface area contributed by atoms with E-state index in [2.05, 4.69) is 9.97 Å². The lowest BCUT2D eigenvalue weighted by atomic mass is 9.96. The van der Waals surface area contributed by atoms with Gasteiger partial charge < -0.3 is 14.6 Å². The summed E-state index contributed by atoms with van der Waals surface area (Å²) in [6.07, 6.45) is 0.885. The molecule has 1 aliphatic heterocycles. The van der Waals surface area contributed by atoms with Gasteiger partial charge in [-0.25, -0.2) is 24.1 Å². The minimum atomic E-state index is -1.04. The standard InChI is InChI=1S/C26H27FN4O4S/c1-13-7-14(20-17(8-13)29-19(34-6)11-28-20)23-30-18-9-16(27)21-15(22(18)36-23)10-26(5,35-21)12-31(24(32)33)25(2,3)4/h7-9,11H,10,12H2,1-6H3,(H,32,33)/t26-/m0/s1. The number of aryl methyl sites for hydroxylation is 1. The van der Waals surface area contributed by atoms with Gasteiger partial charge in [0.1, 0.15) is 10.6 Å². The number of benzene rings is 2. The molecule has 0 aliphatic carbocycles. The minimum absolute atomic E-state index is 0.104. The van der Waals surface area contributed by atoms with Gasteiger partial charge in [0.15, 0.2) is 11.6 Å². The molecule has 0 radical (unpaired) electrons. The van der Waals surface area contributed by atoms with Gasteiger partial charge in [-0.3, -0.25) is 4.90 Å². The van der Waals surface area contributed by atoms with Gasteiger partial charge in [0, 0.05) is 29.2 Å². The van der Waals surface area contributed by atoms with E-state index in [1.54, 1.807) is 13.3 Å². The third-order valence-electron chi connectivity index (χ3n) is 6.32. The first-order valence-corrected chi connectivity index (χ1v) is 12.3. The van der Waals surface area contributed by atoms with Gasteiger partial charge in [0.2, 0.25) is 5.88 Å². The predicted octanol–water partition coefficient (Wildman–Crippen LogP) is 5.83. The topological polar surface area (TPSA) is 97.7 Å². The highest BCUT2D eigenvalue weighted by molar-refractivity contribution is 7.22. The lowest BCUT2D eigenvalue weighted by Gasteiger charge is -2.38. The maximum absolute atomic E-state index is 15.2. The zero-order valence-electron chi connectivity index (χ0n) is 21.0. The molecule has 0 saturated carbocycles. The number of hydrogen-bond acceptors (Lipinski definition) is 7. The van der Waals surface area contributed by atoms with Crippen molar-refractivity contribution < 1.29 is 23.8 Å². The molecule has 0 saturated heterocycles. The Morgan fingerprint density at radius 1 is 1.28 bits per heavy atom. The lowest BCUT2D eigenvalue weighted by Crippen LogP contribution is -2.53. The molecule has 4 aromatic rings. The summed E-state index contributed by atoms with van der Waals surface area (Å²) in [4.78, 5) is 27.1. The van der Waals surface area contributed by atoms with E-state index in [9.17, 15) is 9.90 Å². The summed E-state index contributed by atoms with van der Waals surface area (Å²) in [5.41, 5.74) is 2.86. The van der Waals surface area contributed by atoms with E-state index in [-0.39, 0.29) is 12.3 Å². The van der Waals surface area contributed by atoms with Gasteiger partial charge in [-0.2, -0.15) is 0 Å². The average molecular weight is 511 g/mol. The zero-order valence-corrected chi connectivity index (χ0v) is 21.8. The highest BCUT2D eigenvalue weighted by Crippen LogP contribution is 2.46. The van der Waals surface area contributed by atoms with Crippen LogP contribution >= 0.6 is 11.3 Å². The van der Waals surface area contributed by atoms with Crippen LogP contribution in [-0.2, 0) is 6.42 Å². The molecule has 2 aromatic heterocycles. The number of aromatic nitrogens is 3. The van der Waals surface area contributed by atoms with Crippen LogP contribution in [0.5, 0.6) is 11.6 Å². The second-order valence-electron chi connectivity index (χ2n) is 10.4. The first-order valence-electron chi connectivity index (χ1n) is 11.5. The number of halogens is 1. The number of methoxy groups -OCH3 is 1. The molecule has 1 N–H and O–H groups in total. The Labute approximate surface area is 211 Å². The molecule has 188 valence electrons. The van der Waals surface area contributed by atoms with E-state index in [1.165, 1.54) is 22.3 Å². The number of ether oxygens (including phenoxy) is 2. The van der Waals surface area contributed by atoms with E-state index in [0.29, 0.717) is 39.4 Å². The summed E-state index contributed by atoms with van der Waals surface area (Å²) in [7, 11) is 1.54. The van der Waals surface area contributed by atoms with Crippen molar-refractivity contribution in [1.82, 2.24) is 19.9 Å². The van der Waals surface area contributed by atoms with Gasteiger partial charge >= 0.3 is 6.09 Å². The van der Waals surface area contributed by atoms with Crippen molar-refractivity contribution in [3.8, 4) is 22.2 Å². The summed E-state index contributed by atoms with van der Waals surface area (Å²) < 4.78 is 27.3. The average Bonchev–Trinajstić information content (AvgIpc) is 3.37. The fourth-order valence-corrected chi connectivity index (χ4v) is 5.75. The maximum Gasteiger partial charge on any atom is 0.407 e. The molecular formula is C26H27FN4O4S. The van der Waals surface area contributed by atoms with Crippen molar-refractivity contribution in [2.45, 2.75) is 52.2 Å². The van der Waals surface area contributed by atoms with Crippen molar-refractivity contribution in [1.29, 1.82) is 0 Å². The number of carboxylic acid groups (broad SMARTS) is 1. The largest absolute Gasteiger partial charge is 0.482 e. The van der Waals surface area contributed by atoms with Crippen LogP contribution in [0.2, 0.25) is 0 Å². The third-order valence-corrected chi connectivity index (χ3v) is 7.49. The normalized spacial score (nSPS) is 17.3. The van der Waals surface area contributed by atoms with E-state index >= 15 is 4.39 Å². The molecular weight excluding hydrogens is 483 g/mol. The second-order valence-corrected chi connectivity index (χ2v) is 11.4. The number of hydrogen-bond donors (Lipinski definition) is 1. The fourth-order valence-electron chi connectivity index (χ4n) is 4.65. The van der Waals surface area contributed by atoms with Gasteiger partial charge in [-0.05, 0) is 52.3 Å². The Hall–Kier alpha value is -3.53. The molecule has 3 heterocycles. The first-order chi connectivity index (χ1) is 16.9. The number of amides is 1. The Bertz CT molecular complexity index is 1530. The molecule has 0 bridgehead atoms. The van der Waals surface area contributed by atoms with Crippen LogP contribution in [0, 0.1) is 12.7 Å². The Morgan fingerprint density at radius 2 is 2.03 bits per heavy atom. The smallest absolute Gasteiger partial charge is 0.407 e. The second kappa shape index (κ2) is 8.26. The fraction of sp³-hybridized carbons (Fsp3) is 0.385. The molecule has 1 amide bonds. The van der Waals surface area contributed by atoms with Gasteiger partial charge in [-0.15, -0.1) is 11.3 Å². The molecule has 36 heavy (non-hydrogen) atoms. The van der Waals surface area contributed by atoms with Crippen molar-refractivity contribution in [3.63, 3.8) is 0 Å². The minimum Gasteiger partial charge on any atom is -0.482 e. The Morgan fingerprint density at radius 3 is 2.69 bits per heavy atom. The lowest BCUT2D eigenvalue weighted by molar-refractivity contribution is 0.0256. The number of nitrogens with zero attached hydrogens (tertiary/aromatic N) is 4. The third kappa shape index (κ3) is 4.09. The van der Waals surface area contributed by atoms with E-state index in [1.807, 2.05) is 46.8 Å². The van der Waals surface area contributed by atoms with E-state index in [4.69, 9.17) is 14.5 Å². The predicted molar refractivity (Wildman–Crippen MR) is 137 cm³/mol. The van der Waals surface area contributed by atoms with Gasteiger partial charge in [0.25, 0.3) is 0 Å². The molecule has 5 rings (SSSR count). The van der Waals surface area contributed by atoms with Gasteiger partial charge in [-0.1, -0.05) is 0 Å². The quantitative estimate of drug-likeness (QED) is 0.369. The van der Waals surface area contributed by atoms with Crippen LogP contribution in [0.1, 0.15) is 38.8 Å². The van der Waals surface area contributed by atoms with Crippen molar-refractivity contribution in [2.24, 2.45) is 0 Å².